The molecule has 184 valence electrons. The highest BCUT2D eigenvalue weighted by Gasteiger charge is 2.31. The summed E-state index contributed by atoms with van der Waals surface area (Å²) in [7, 11) is -3.70. The van der Waals surface area contributed by atoms with Crippen LogP contribution in [0.3, 0.4) is 0 Å². The Hall–Kier alpha value is -3.20. The van der Waals surface area contributed by atoms with Gasteiger partial charge in [-0.05, 0) is 62.1 Å². The molecule has 2 amide bonds. The fraction of sp³-hybridized carbons (Fsp3) is 0.423. The molecule has 1 atom stereocenters. The molecule has 8 nitrogen and oxygen atoms in total. The van der Waals surface area contributed by atoms with Gasteiger partial charge in [0.2, 0.25) is 5.91 Å². The highest BCUT2D eigenvalue weighted by atomic mass is 32.2. The van der Waals surface area contributed by atoms with Crippen LogP contribution >= 0.6 is 0 Å². The first kappa shape index (κ1) is 23.5. The van der Waals surface area contributed by atoms with E-state index < -0.39 is 10.0 Å². The van der Waals surface area contributed by atoms with E-state index >= 15 is 0 Å². The predicted octanol–water partition coefficient (Wildman–Crippen LogP) is 3.55. The van der Waals surface area contributed by atoms with Gasteiger partial charge in [0.1, 0.15) is 4.90 Å². The van der Waals surface area contributed by atoms with Crippen LogP contribution in [0.2, 0.25) is 0 Å². The summed E-state index contributed by atoms with van der Waals surface area (Å²) in [6.45, 7) is 1.07. The van der Waals surface area contributed by atoms with E-state index in [0.29, 0.717) is 29.9 Å². The Morgan fingerprint density at radius 1 is 0.914 bits per heavy atom. The third-order valence-corrected chi connectivity index (χ3v) is 8.39. The minimum Gasteiger partial charge on any atom is -0.353 e. The monoisotopic (exact) mass is 494 g/mol. The van der Waals surface area contributed by atoms with Gasteiger partial charge in [-0.2, -0.15) is 8.42 Å². The van der Waals surface area contributed by atoms with Crippen molar-refractivity contribution in [3.63, 3.8) is 0 Å². The second-order valence-electron chi connectivity index (χ2n) is 9.55. The van der Waals surface area contributed by atoms with E-state index in [9.17, 15) is 18.0 Å². The molecular formula is C26H30N4O4S. The molecule has 1 saturated heterocycles. The first-order valence-corrected chi connectivity index (χ1v) is 13.8. The van der Waals surface area contributed by atoms with Crippen LogP contribution in [-0.2, 0) is 14.8 Å². The normalized spacial score (nSPS) is 21.7. The highest BCUT2D eigenvalue weighted by Crippen LogP contribution is 2.27. The first-order valence-electron chi connectivity index (χ1n) is 12.3. The van der Waals surface area contributed by atoms with E-state index in [1.165, 1.54) is 25.3 Å². The molecule has 0 spiro atoms. The minimum absolute atomic E-state index is 0.0709. The number of sulfonamides is 1. The van der Waals surface area contributed by atoms with E-state index in [-0.39, 0.29) is 34.5 Å². The Kier molecular flexibility index (Phi) is 6.60. The van der Waals surface area contributed by atoms with E-state index in [4.69, 9.17) is 0 Å². The summed E-state index contributed by atoms with van der Waals surface area (Å²) in [5.41, 5.74) is 1.69. The molecule has 2 aromatic rings. The second kappa shape index (κ2) is 9.81. The molecule has 1 unspecified atom stereocenters. The topological polar surface area (TPSA) is 108 Å². The van der Waals surface area contributed by atoms with Crippen LogP contribution in [0.15, 0.2) is 57.8 Å². The summed E-state index contributed by atoms with van der Waals surface area (Å²) in [5.74, 6) is 0.0693. The smallest absolute Gasteiger partial charge is 0.285 e. The number of hydrogen-bond donors (Lipinski definition) is 2. The van der Waals surface area contributed by atoms with Gasteiger partial charge in [0, 0.05) is 35.9 Å². The largest absolute Gasteiger partial charge is 0.353 e. The van der Waals surface area contributed by atoms with Crippen molar-refractivity contribution in [3.05, 3.63) is 59.7 Å². The second-order valence-corrected chi connectivity index (χ2v) is 11.1. The SMILES string of the molecule is O=C(NC1CCCCC1)C1CCCN(C(=O)c2ccc(NC3=NS(=O)(=O)c4ccccc43)cc2)C1. The number of benzene rings is 2. The Labute approximate surface area is 205 Å². The van der Waals surface area contributed by atoms with Gasteiger partial charge in [-0.25, -0.2) is 0 Å². The molecule has 2 N–H and O–H groups in total. The molecule has 0 bridgehead atoms. The first-order chi connectivity index (χ1) is 16.9. The van der Waals surface area contributed by atoms with E-state index in [1.54, 1.807) is 47.4 Å². The average Bonchev–Trinajstić information content (AvgIpc) is 3.14. The lowest BCUT2D eigenvalue weighted by molar-refractivity contribution is -0.127. The maximum Gasteiger partial charge on any atom is 0.285 e. The molecule has 1 aliphatic carbocycles. The van der Waals surface area contributed by atoms with Gasteiger partial charge in [-0.3, -0.25) is 9.59 Å². The third kappa shape index (κ3) is 5.10. The molecule has 3 aliphatic rings. The van der Waals surface area contributed by atoms with E-state index in [0.717, 1.165) is 25.7 Å². The lowest BCUT2D eigenvalue weighted by Gasteiger charge is -2.33. The van der Waals surface area contributed by atoms with Crippen LogP contribution in [-0.4, -0.2) is 50.1 Å². The summed E-state index contributed by atoms with van der Waals surface area (Å²) < 4.78 is 28.3. The van der Waals surface area contributed by atoms with Crippen molar-refractivity contribution in [3.8, 4) is 0 Å². The van der Waals surface area contributed by atoms with E-state index in [1.807, 2.05) is 0 Å². The van der Waals surface area contributed by atoms with Crippen LogP contribution < -0.4 is 10.6 Å². The number of fused-ring (bicyclic) bond motifs is 1. The molecule has 35 heavy (non-hydrogen) atoms. The number of carbonyl (C=O) groups is 2. The van der Waals surface area contributed by atoms with Crippen molar-refractivity contribution in [2.75, 3.05) is 18.4 Å². The molecule has 2 fully saturated rings. The van der Waals surface area contributed by atoms with Crippen molar-refractivity contribution < 1.29 is 18.0 Å². The van der Waals surface area contributed by atoms with Crippen LogP contribution in [0, 0.1) is 5.92 Å². The molecule has 2 aliphatic heterocycles. The number of amides is 2. The number of likely N-dealkylation sites (tertiary alicyclic amines) is 1. The molecule has 2 heterocycles. The quantitative estimate of drug-likeness (QED) is 0.676. The lowest BCUT2D eigenvalue weighted by atomic mass is 9.92. The summed E-state index contributed by atoms with van der Waals surface area (Å²) >= 11 is 0. The Bertz CT molecular complexity index is 1250. The van der Waals surface area contributed by atoms with Gasteiger partial charge in [-0.1, -0.05) is 31.4 Å². The zero-order chi connectivity index (χ0) is 24.4. The molecule has 5 rings (SSSR count). The Balaban J connectivity index is 1.22. The number of amidine groups is 1. The summed E-state index contributed by atoms with van der Waals surface area (Å²) in [6, 6.07) is 13.8. The standard InChI is InChI=1S/C26H30N4O4S/c31-25(28-20-8-2-1-3-9-20)19-7-6-16-30(17-19)26(32)18-12-14-21(15-13-18)27-24-22-10-4-5-11-23(22)35(33,34)29-24/h4-5,10-15,19-20H,1-3,6-9,16-17H2,(H,27,29)(H,28,31). The zero-order valence-corrected chi connectivity index (χ0v) is 20.4. The Morgan fingerprint density at radius 3 is 2.43 bits per heavy atom. The maximum absolute atomic E-state index is 13.1. The van der Waals surface area contributed by atoms with Gasteiger partial charge in [0.05, 0.1) is 5.92 Å². The van der Waals surface area contributed by atoms with Crippen molar-refractivity contribution in [2.24, 2.45) is 10.3 Å². The molecule has 0 radical (unpaired) electrons. The highest BCUT2D eigenvalue weighted by molar-refractivity contribution is 7.90. The fourth-order valence-corrected chi connectivity index (χ4v) is 6.33. The van der Waals surface area contributed by atoms with Crippen molar-refractivity contribution in [2.45, 2.75) is 55.9 Å². The van der Waals surface area contributed by atoms with Gasteiger partial charge < -0.3 is 15.5 Å². The van der Waals surface area contributed by atoms with Crippen LogP contribution in [0.25, 0.3) is 0 Å². The molecule has 0 aromatic heterocycles. The van der Waals surface area contributed by atoms with Gasteiger partial charge in [-0.15, -0.1) is 4.40 Å². The van der Waals surface area contributed by atoms with Crippen LogP contribution in [0.4, 0.5) is 5.69 Å². The molecule has 2 aromatic carbocycles. The molecule has 9 heteroatoms. The van der Waals surface area contributed by atoms with Crippen molar-refractivity contribution >= 4 is 33.4 Å². The number of rotatable bonds is 4. The average molecular weight is 495 g/mol. The zero-order valence-electron chi connectivity index (χ0n) is 19.6. The third-order valence-electron chi connectivity index (χ3n) is 7.06. The maximum atomic E-state index is 13.1. The minimum atomic E-state index is -3.70. The lowest BCUT2D eigenvalue weighted by Crippen LogP contribution is -2.47. The van der Waals surface area contributed by atoms with Crippen LogP contribution in [0.5, 0.6) is 0 Å². The number of piperidine rings is 1. The number of nitrogens with zero attached hydrogens (tertiary/aromatic N) is 2. The number of carbonyl (C=O) groups excluding carboxylic acids is 2. The number of nitrogens with one attached hydrogen (secondary N) is 2. The van der Waals surface area contributed by atoms with Gasteiger partial charge in [0.25, 0.3) is 15.9 Å². The fourth-order valence-electron chi connectivity index (χ4n) is 5.15. The summed E-state index contributed by atoms with van der Waals surface area (Å²) in [4.78, 5) is 27.9. The van der Waals surface area contributed by atoms with E-state index in [2.05, 4.69) is 15.0 Å². The van der Waals surface area contributed by atoms with Gasteiger partial charge in [0.15, 0.2) is 5.84 Å². The van der Waals surface area contributed by atoms with Crippen LogP contribution in [0.1, 0.15) is 60.9 Å². The summed E-state index contributed by atoms with van der Waals surface area (Å²) in [6.07, 6.45) is 7.28. The molecule has 1 saturated carbocycles. The molecular weight excluding hydrogens is 464 g/mol. The number of hydrogen-bond acceptors (Lipinski definition) is 5. The van der Waals surface area contributed by atoms with Gasteiger partial charge >= 0.3 is 0 Å². The van der Waals surface area contributed by atoms with Crippen molar-refractivity contribution in [1.82, 2.24) is 10.2 Å². The predicted molar refractivity (Wildman–Crippen MR) is 134 cm³/mol. The Morgan fingerprint density at radius 2 is 1.66 bits per heavy atom. The summed E-state index contributed by atoms with van der Waals surface area (Å²) in [5, 5.41) is 6.26. The van der Waals surface area contributed by atoms with Crippen molar-refractivity contribution in [1.29, 1.82) is 0 Å². The number of anilines is 1.